The molecule has 3 aromatic carbocycles. The van der Waals surface area contributed by atoms with E-state index in [1.165, 1.54) is 6.08 Å². The van der Waals surface area contributed by atoms with Crippen LogP contribution in [0.2, 0.25) is 0 Å². The second-order valence-electron chi connectivity index (χ2n) is 8.27. The van der Waals surface area contributed by atoms with E-state index >= 15 is 0 Å². The molecule has 0 aliphatic carbocycles. The first kappa shape index (κ1) is 21.6. The van der Waals surface area contributed by atoms with Gasteiger partial charge in [-0.05, 0) is 30.7 Å². The maximum atomic E-state index is 14.1. The van der Waals surface area contributed by atoms with Crippen LogP contribution in [0.3, 0.4) is 0 Å². The molecule has 1 fully saturated rings. The van der Waals surface area contributed by atoms with Crippen molar-refractivity contribution in [3.05, 3.63) is 108 Å². The fraction of sp³-hybridized carbons (Fsp3) is 0.179. The molecule has 1 spiro atoms. The topological polar surface area (TPSA) is 66.9 Å². The van der Waals surface area contributed by atoms with Crippen LogP contribution in [0.5, 0.6) is 0 Å². The van der Waals surface area contributed by atoms with Crippen LogP contribution >= 0.6 is 0 Å². The minimum atomic E-state index is -1.43. The number of benzene rings is 3. The molecule has 34 heavy (non-hydrogen) atoms. The van der Waals surface area contributed by atoms with E-state index in [4.69, 9.17) is 4.74 Å². The number of hydrogen-bond acceptors (Lipinski definition) is 4. The van der Waals surface area contributed by atoms with Crippen molar-refractivity contribution >= 4 is 29.2 Å². The van der Waals surface area contributed by atoms with Gasteiger partial charge < -0.3 is 14.5 Å². The zero-order valence-electron chi connectivity index (χ0n) is 18.8. The van der Waals surface area contributed by atoms with Crippen LogP contribution in [-0.2, 0) is 31.1 Å². The van der Waals surface area contributed by atoms with E-state index < -0.39 is 17.4 Å². The highest BCUT2D eigenvalue weighted by molar-refractivity contribution is 6.31. The third kappa shape index (κ3) is 3.22. The fourth-order valence-electron chi connectivity index (χ4n) is 4.92. The summed E-state index contributed by atoms with van der Waals surface area (Å²) in [5.74, 6) is -1.09. The summed E-state index contributed by atoms with van der Waals surface area (Å²) in [5.41, 5.74) is 1.58. The Kier molecular flexibility index (Phi) is 5.49. The molecule has 0 radical (unpaired) electrons. The lowest BCUT2D eigenvalue weighted by Crippen LogP contribution is -2.74. The Labute approximate surface area is 198 Å². The Hall–Kier alpha value is -4.19. The average molecular weight is 453 g/mol. The molecule has 5 rings (SSSR count). The largest absolute Gasteiger partial charge is 0.463 e. The van der Waals surface area contributed by atoms with E-state index in [0.29, 0.717) is 23.5 Å². The smallest absolute Gasteiger partial charge is 0.330 e. The third-order valence-electron chi connectivity index (χ3n) is 6.40. The Bertz CT molecular complexity index is 1270. The van der Waals surface area contributed by atoms with Gasteiger partial charge in [0.25, 0.3) is 0 Å². The summed E-state index contributed by atoms with van der Waals surface area (Å²) in [6.07, 6.45) is 2.93. The molecule has 2 heterocycles. The number of fused-ring (bicyclic) bond motifs is 2. The van der Waals surface area contributed by atoms with Crippen LogP contribution in [0.25, 0.3) is 0 Å². The molecule has 170 valence electrons. The van der Waals surface area contributed by atoms with Gasteiger partial charge >= 0.3 is 5.97 Å². The van der Waals surface area contributed by atoms with E-state index in [2.05, 4.69) is 0 Å². The first-order chi connectivity index (χ1) is 16.6. The van der Waals surface area contributed by atoms with Gasteiger partial charge in [0.2, 0.25) is 11.8 Å². The Morgan fingerprint density at radius 1 is 0.912 bits per heavy atom. The third-order valence-corrected chi connectivity index (χ3v) is 6.40. The molecule has 2 atom stereocenters. The summed E-state index contributed by atoms with van der Waals surface area (Å²) in [7, 11) is 0. The van der Waals surface area contributed by atoms with Gasteiger partial charge in [0.05, 0.1) is 19.2 Å². The van der Waals surface area contributed by atoms with E-state index in [1.807, 2.05) is 84.9 Å². The predicted molar refractivity (Wildman–Crippen MR) is 129 cm³/mol. The van der Waals surface area contributed by atoms with E-state index in [0.717, 1.165) is 5.56 Å². The van der Waals surface area contributed by atoms with Crippen LogP contribution in [0, 0.1) is 0 Å². The van der Waals surface area contributed by atoms with E-state index in [-0.39, 0.29) is 18.4 Å². The minimum Gasteiger partial charge on any atom is -0.463 e. The van der Waals surface area contributed by atoms with Gasteiger partial charge in [-0.25, -0.2) is 4.79 Å². The Balaban J connectivity index is 1.61. The lowest BCUT2D eigenvalue weighted by molar-refractivity contribution is -0.141. The van der Waals surface area contributed by atoms with E-state index in [9.17, 15) is 14.4 Å². The lowest BCUT2D eigenvalue weighted by atomic mass is 9.66. The van der Waals surface area contributed by atoms with Crippen LogP contribution in [0.1, 0.15) is 18.1 Å². The van der Waals surface area contributed by atoms with Gasteiger partial charge in [-0.2, -0.15) is 0 Å². The highest BCUT2D eigenvalue weighted by atomic mass is 16.5. The number of carbonyl (C=O) groups is 3. The van der Waals surface area contributed by atoms with Crippen molar-refractivity contribution < 1.29 is 19.1 Å². The molecule has 6 nitrogen and oxygen atoms in total. The summed E-state index contributed by atoms with van der Waals surface area (Å²) in [5, 5.41) is 0. The molecule has 1 unspecified atom stereocenters. The number of anilines is 2. The standard InChI is InChI=1S/C28H24N2O4/c1-2-34-25(31)18-17-24-28(27(33)30(24)21-13-7-4-8-14-21)22-15-9-10-16-23(22)29(26(28)32)19-20-11-5-3-6-12-20/h3-18,24H,2,19H2,1H3/b18-17+/t24-,28?/m0/s1. The van der Waals surface area contributed by atoms with Crippen molar-refractivity contribution in [3.63, 3.8) is 0 Å². The average Bonchev–Trinajstić information content (AvgIpc) is 3.12. The van der Waals surface area contributed by atoms with Crippen molar-refractivity contribution in [2.75, 3.05) is 16.4 Å². The highest BCUT2D eigenvalue weighted by Gasteiger charge is 2.70. The minimum absolute atomic E-state index is 0.243. The molecule has 0 bridgehead atoms. The van der Waals surface area contributed by atoms with Crippen LogP contribution in [0.15, 0.2) is 97.1 Å². The molecule has 0 N–H and O–H groups in total. The number of para-hydroxylation sites is 2. The van der Waals surface area contributed by atoms with E-state index in [1.54, 1.807) is 22.8 Å². The maximum absolute atomic E-state index is 14.1. The molecule has 0 saturated carbocycles. The number of ether oxygens (including phenoxy) is 1. The number of hydrogen-bond donors (Lipinski definition) is 0. The second-order valence-corrected chi connectivity index (χ2v) is 8.27. The monoisotopic (exact) mass is 452 g/mol. The van der Waals surface area contributed by atoms with Gasteiger partial charge in [-0.15, -0.1) is 0 Å². The number of β-lactam (4-membered cyclic amide) rings is 1. The molecular weight excluding hydrogens is 428 g/mol. The first-order valence-corrected chi connectivity index (χ1v) is 11.3. The number of nitrogens with zero attached hydrogens (tertiary/aromatic N) is 2. The maximum Gasteiger partial charge on any atom is 0.330 e. The first-order valence-electron chi connectivity index (χ1n) is 11.3. The summed E-state index contributed by atoms with van der Waals surface area (Å²) in [4.78, 5) is 43.3. The summed E-state index contributed by atoms with van der Waals surface area (Å²) in [6, 6.07) is 25.6. The molecule has 3 aromatic rings. The van der Waals surface area contributed by atoms with Crippen LogP contribution in [0.4, 0.5) is 11.4 Å². The summed E-state index contributed by atoms with van der Waals surface area (Å²) < 4.78 is 5.05. The highest BCUT2D eigenvalue weighted by Crippen LogP contribution is 2.54. The Morgan fingerprint density at radius 2 is 1.56 bits per heavy atom. The van der Waals surface area contributed by atoms with Crippen LogP contribution < -0.4 is 9.80 Å². The predicted octanol–water partition coefficient (Wildman–Crippen LogP) is 4.01. The Morgan fingerprint density at radius 3 is 2.26 bits per heavy atom. The second kappa shape index (κ2) is 8.63. The molecule has 2 amide bonds. The van der Waals surface area contributed by atoms with Crippen LogP contribution in [-0.4, -0.2) is 30.4 Å². The SMILES string of the molecule is CCOC(=O)/C=C/[C@@H]1N(c2ccccc2)C(=O)C12C(=O)N(Cc1ccccc1)c1ccccc12. The number of amides is 2. The number of carbonyl (C=O) groups excluding carboxylic acids is 3. The van der Waals surface area contributed by atoms with Gasteiger partial charge in [-0.3, -0.25) is 9.59 Å². The molecular formula is C28H24N2O4. The number of rotatable bonds is 6. The molecule has 0 aromatic heterocycles. The fourth-order valence-corrected chi connectivity index (χ4v) is 4.92. The van der Waals surface area contributed by atoms with Crippen molar-refractivity contribution in [3.8, 4) is 0 Å². The normalized spacial score (nSPS) is 21.1. The lowest BCUT2D eigenvalue weighted by Gasteiger charge is -2.52. The van der Waals surface area contributed by atoms with Crippen molar-refractivity contribution in [2.45, 2.75) is 24.9 Å². The summed E-state index contributed by atoms with van der Waals surface area (Å²) >= 11 is 0. The zero-order chi connectivity index (χ0) is 23.7. The quantitative estimate of drug-likeness (QED) is 0.245. The van der Waals surface area contributed by atoms with Gasteiger partial charge in [-0.1, -0.05) is 72.8 Å². The molecule has 1 saturated heterocycles. The van der Waals surface area contributed by atoms with Gasteiger partial charge in [0.1, 0.15) is 0 Å². The zero-order valence-corrected chi connectivity index (χ0v) is 18.8. The van der Waals surface area contributed by atoms with Crippen molar-refractivity contribution in [1.29, 1.82) is 0 Å². The number of esters is 1. The molecule has 2 aliphatic rings. The van der Waals surface area contributed by atoms with Gasteiger partial charge in [0.15, 0.2) is 5.41 Å². The molecule has 2 aliphatic heterocycles. The van der Waals surface area contributed by atoms with Gasteiger partial charge in [0, 0.05) is 23.0 Å². The summed E-state index contributed by atoms with van der Waals surface area (Å²) in [6.45, 7) is 2.33. The molecule has 6 heteroatoms. The van der Waals surface area contributed by atoms with Crippen molar-refractivity contribution in [2.24, 2.45) is 0 Å². The van der Waals surface area contributed by atoms with Crippen molar-refractivity contribution in [1.82, 2.24) is 0 Å².